The molecule has 21 heavy (non-hydrogen) atoms. The number of sulfonamides is 1. The molecule has 3 aliphatic heterocycles. The molecular formula is C12H12N2O6S. The second-order valence-electron chi connectivity index (χ2n) is 4.98. The monoisotopic (exact) mass is 312 g/mol. The Morgan fingerprint density at radius 1 is 1.24 bits per heavy atom. The predicted octanol–water partition coefficient (Wildman–Crippen LogP) is 0.673. The van der Waals surface area contributed by atoms with Crippen LogP contribution < -0.4 is 0 Å². The molecule has 3 heterocycles. The van der Waals surface area contributed by atoms with Crippen molar-refractivity contribution in [3.63, 3.8) is 0 Å². The minimum absolute atomic E-state index is 0.0616. The quantitative estimate of drug-likeness (QED) is 0.461. The number of ether oxygens (including phenoxy) is 1. The predicted molar refractivity (Wildman–Crippen MR) is 69.9 cm³/mol. The number of piperidine rings is 1. The average Bonchev–Trinajstić information content (AvgIpc) is 2.47. The number of nitro benzene ring substituents is 1. The van der Waals surface area contributed by atoms with E-state index in [4.69, 9.17) is 4.74 Å². The fourth-order valence-electron chi connectivity index (χ4n) is 2.62. The van der Waals surface area contributed by atoms with Crippen LogP contribution in [0.5, 0.6) is 0 Å². The minimum Gasteiger partial charge on any atom is -0.460 e. The highest BCUT2D eigenvalue weighted by Gasteiger charge is 2.47. The van der Waals surface area contributed by atoms with E-state index in [1.165, 1.54) is 12.1 Å². The fraction of sp³-hybridized carbons (Fsp3) is 0.417. The van der Waals surface area contributed by atoms with Crippen LogP contribution in [0, 0.1) is 10.1 Å². The summed E-state index contributed by atoms with van der Waals surface area (Å²) in [6.07, 6.45) is 0.689. The van der Waals surface area contributed by atoms with Gasteiger partial charge in [-0.1, -0.05) is 0 Å². The highest BCUT2D eigenvalue weighted by molar-refractivity contribution is 7.89. The number of nitro groups is 1. The third-order valence-electron chi connectivity index (χ3n) is 3.70. The first-order valence-electron chi connectivity index (χ1n) is 6.36. The normalized spacial score (nSPS) is 25.6. The SMILES string of the molecule is O=C1OC2CCC1N(S(=O)(=O)c1ccc([N+](=O)[O-])cc1)C2. The lowest BCUT2D eigenvalue weighted by molar-refractivity contribution is -0.384. The molecule has 8 nitrogen and oxygen atoms in total. The van der Waals surface area contributed by atoms with Crippen molar-refractivity contribution >= 4 is 21.7 Å². The molecule has 112 valence electrons. The van der Waals surface area contributed by atoms with E-state index in [9.17, 15) is 23.3 Å². The summed E-state index contributed by atoms with van der Waals surface area (Å²) in [5.74, 6) is -0.525. The maximum Gasteiger partial charge on any atom is 0.324 e. The lowest BCUT2D eigenvalue weighted by Crippen LogP contribution is -2.58. The van der Waals surface area contributed by atoms with Gasteiger partial charge in [0.15, 0.2) is 0 Å². The third-order valence-corrected chi connectivity index (χ3v) is 5.59. The minimum atomic E-state index is -3.86. The van der Waals surface area contributed by atoms with Crippen LogP contribution in [0.1, 0.15) is 12.8 Å². The molecule has 0 saturated carbocycles. The molecule has 0 aromatic heterocycles. The lowest BCUT2D eigenvalue weighted by Gasteiger charge is -2.42. The van der Waals surface area contributed by atoms with Crippen LogP contribution >= 0.6 is 0 Å². The van der Waals surface area contributed by atoms with Crippen molar-refractivity contribution < 1.29 is 22.9 Å². The van der Waals surface area contributed by atoms with E-state index in [1.807, 2.05) is 0 Å². The Morgan fingerprint density at radius 2 is 1.90 bits per heavy atom. The van der Waals surface area contributed by atoms with Gasteiger partial charge in [-0.05, 0) is 25.0 Å². The van der Waals surface area contributed by atoms with Gasteiger partial charge in [-0.25, -0.2) is 8.42 Å². The number of carbonyl (C=O) groups is 1. The molecule has 9 heteroatoms. The standard InChI is InChI=1S/C12H12N2O6S/c15-12-11-6-3-9(20-12)7-13(11)21(18,19)10-4-1-8(2-5-10)14(16)17/h1-2,4-5,9,11H,3,6-7H2. The average molecular weight is 312 g/mol. The molecule has 2 atom stereocenters. The van der Waals surface area contributed by atoms with Gasteiger partial charge in [0.05, 0.1) is 16.4 Å². The van der Waals surface area contributed by atoms with Crippen molar-refractivity contribution in [1.29, 1.82) is 0 Å². The maximum absolute atomic E-state index is 12.6. The van der Waals surface area contributed by atoms with Gasteiger partial charge in [-0.2, -0.15) is 4.31 Å². The van der Waals surface area contributed by atoms with Crippen molar-refractivity contribution in [3.8, 4) is 0 Å². The van der Waals surface area contributed by atoms with Crippen molar-refractivity contribution in [3.05, 3.63) is 34.4 Å². The zero-order valence-electron chi connectivity index (χ0n) is 10.8. The van der Waals surface area contributed by atoms with Crippen LogP contribution in [-0.2, 0) is 19.6 Å². The molecule has 0 radical (unpaired) electrons. The molecule has 1 aromatic carbocycles. The summed E-state index contributed by atoms with van der Waals surface area (Å²) in [7, 11) is -3.86. The van der Waals surface area contributed by atoms with E-state index in [0.717, 1.165) is 16.4 Å². The number of nitrogens with zero attached hydrogens (tertiary/aromatic N) is 2. The van der Waals surface area contributed by atoms with E-state index in [2.05, 4.69) is 0 Å². The summed E-state index contributed by atoms with van der Waals surface area (Å²) < 4.78 is 31.3. The van der Waals surface area contributed by atoms with E-state index in [1.54, 1.807) is 0 Å². The van der Waals surface area contributed by atoms with Gasteiger partial charge < -0.3 is 4.74 Å². The van der Waals surface area contributed by atoms with Gasteiger partial charge in [0.25, 0.3) is 5.69 Å². The zero-order chi connectivity index (χ0) is 15.2. The van der Waals surface area contributed by atoms with Crippen molar-refractivity contribution in [2.75, 3.05) is 6.54 Å². The van der Waals surface area contributed by atoms with Gasteiger partial charge in [-0.15, -0.1) is 0 Å². The number of rotatable bonds is 3. The molecule has 3 saturated heterocycles. The van der Waals surface area contributed by atoms with E-state index < -0.39 is 33.1 Å². The molecule has 1 aromatic rings. The molecule has 0 aliphatic carbocycles. The Hall–Kier alpha value is -2.00. The number of benzene rings is 1. The Bertz CT molecular complexity index is 699. The summed E-state index contributed by atoms with van der Waals surface area (Å²) in [6, 6.07) is 3.83. The molecule has 4 rings (SSSR count). The van der Waals surface area contributed by atoms with Gasteiger partial charge in [0.2, 0.25) is 10.0 Å². The molecule has 2 bridgehead atoms. The number of morpholine rings is 1. The Labute approximate surface area is 120 Å². The highest BCUT2D eigenvalue weighted by Crippen LogP contribution is 2.32. The first-order chi connectivity index (χ1) is 9.89. The van der Waals surface area contributed by atoms with Crippen LogP contribution in [0.3, 0.4) is 0 Å². The summed E-state index contributed by atoms with van der Waals surface area (Å²) >= 11 is 0. The Balaban J connectivity index is 1.93. The van der Waals surface area contributed by atoms with Gasteiger partial charge in [0, 0.05) is 12.1 Å². The summed E-state index contributed by atoms with van der Waals surface area (Å²) in [5, 5.41) is 10.6. The van der Waals surface area contributed by atoms with Crippen LogP contribution in [0.15, 0.2) is 29.2 Å². The molecule has 3 fully saturated rings. The Kier molecular flexibility index (Phi) is 3.18. The van der Waals surface area contributed by atoms with Gasteiger partial charge in [0.1, 0.15) is 12.1 Å². The number of hydrogen-bond donors (Lipinski definition) is 0. The number of hydrogen-bond acceptors (Lipinski definition) is 6. The second kappa shape index (κ2) is 4.78. The van der Waals surface area contributed by atoms with Crippen LogP contribution in [-0.4, -0.2) is 42.3 Å². The molecule has 2 unspecified atom stereocenters. The number of non-ortho nitro benzene ring substituents is 1. The van der Waals surface area contributed by atoms with Crippen molar-refractivity contribution in [2.24, 2.45) is 0 Å². The van der Waals surface area contributed by atoms with Crippen molar-refractivity contribution in [2.45, 2.75) is 29.9 Å². The van der Waals surface area contributed by atoms with Gasteiger partial charge in [-0.3, -0.25) is 14.9 Å². The second-order valence-corrected chi connectivity index (χ2v) is 6.87. The first-order valence-corrected chi connectivity index (χ1v) is 7.80. The van der Waals surface area contributed by atoms with E-state index >= 15 is 0 Å². The lowest BCUT2D eigenvalue weighted by atomic mass is 9.99. The maximum atomic E-state index is 12.6. The summed E-state index contributed by atoms with van der Waals surface area (Å²) in [5.41, 5.74) is -0.187. The highest BCUT2D eigenvalue weighted by atomic mass is 32.2. The molecule has 0 N–H and O–H groups in total. The van der Waals surface area contributed by atoms with Crippen LogP contribution in [0.25, 0.3) is 0 Å². The van der Waals surface area contributed by atoms with Crippen molar-refractivity contribution in [1.82, 2.24) is 4.31 Å². The summed E-state index contributed by atoms with van der Waals surface area (Å²) in [6.45, 7) is 0.135. The topological polar surface area (TPSA) is 107 Å². The number of carbonyl (C=O) groups excluding carboxylic acids is 1. The van der Waals surface area contributed by atoms with E-state index in [0.29, 0.717) is 12.8 Å². The smallest absolute Gasteiger partial charge is 0.324 e. The molecule has 3 aliphatic rings. The number of esters is 1. The Morgan fingerprint density at radius 3 is 2.43 bits per heavy atom. The zero-order valence-corrected chi connectivity index (χ0v) is 11.7. The first kappa shape index (κ1) is 14.0. The van der Waals surface area contributed by atoms with Gasteiger partial charge >= 0.3 is 5.97 Å². The number of fused-ring (bicyclic) bond motifs is 3. The molecular weight excluding hydrogens is 300 g/mol. The summed E-state index contributed by atoms with van der Waals surface area (Å²) in [4.78, 5) is 21.6. The van der Waals surface area contributed by atoms with Crippen LogP contribution in [0.2, 0.25) is 0 Å². The van der Waals surface area contributed by atoms with E-state index in [-0.39, 0.29) is 17.1 Å². The largest absolute Gasteiger partial charge is 0.460 e. The third kappa shape index (κ3) is 2.28. The fourth-order valence-corrected chi connectivity index (χ4v) is 4.26. The molecule has 0 amide bonds. The molecule has 0 spiro atoms. The van der Waals surface area contributed by atoms with Crippen LogP contribution in [0.4, 0.5) is 5.69 Å².